The zero-order valence-corrected chi connectivity index (χ0v) is 21.7. The lowest BCUT2D eigenvalue weighted by Crippen LogP contribution is -2.37. The lowest BCUT2D eigenvalue weighted by Gasteiger charge is -2.26. The number of sulfone groups is 1. The molecular weight excluding hydrogens is 508 g/mol. The first kappa shape index (κ1) is 26.1. The van der Waals surface area contributed by atoms with Gasteiger partial charge < -0.3 is 4.52 Å². The summed E-state index contributed by atoms with van der Waals surface area (Å²) in [4.78, 5) is 4.05. The van der Waals surface area contributed by atoms with Gasteiger partial charge in [-0.25, -0.2) is 31.1 Å². The van der Waals surface area contributed by atoms with Crippen molar-refractivity contribution in [2.24, 2.45) is 0 Å². The topological polar surface area (TPSA) is 102 Å². The van der Waals surface area contributed by atoms with Gasteiger partial charge in [-0.15, -0.1) is 0 Å². The van der Waals surface area contributed by atoms with Gasteiger partial charge in [-0.3, -0.25) is 0 Å². The summed E-state index contributed by atoms with van der Waals surface area (Å²) in [6, 6.07) is 12.6. The van der Waals surface area contributed by atoms with Gasteiger partial charge in [-0.05, 0) is 50.6 Å². The highest BCUT2D eigenvalue weighted by Crippen LogP contribution is 2.35. The van der Waals surface area contributed by atoms with Crippen molar-refractivity contribution in [3.8, 4) is 11.3 Å². The molecule has 2 aromatic heterocycles. The molecule has 0 bridgehead atoms. The number of pyridine rings is 1. The molecule has 2 heterocycles. The zero-order valence-electron chi connectivity index (χ0n) is 20.1. The minimum Gasteiger partial charge on any atom is -0.356 e. The second-order valence-electron chi connectivity index (χ2n) is 9.36. The van der Waals surface area contributed by atoms with Gasteiger partial charge in [0.15, 0.2) is 20.4 Å². The maximum atomic E-state index is 14.8. The second-order valence-corrected chi connectivity index (χ2v) is 13.3. The summed E-state index contributed by atoms with van der Waals surface area (Å²) < 4.78 is 73.4. The van der Waals surface area contributed by atoms with Crippen LogP contribution in [0, 0.1) is 11.6 Å². The number of hydrogen-bond donors (Lipinski definition) is 1. The van der Waals surface area contributed by atoms with Crippen molar-refractivity contribution in [3.63, 3.8) is 0 Å². The molecule has 36 heavy (non-hydrogen) atoms. The molecule has 4 rings (SSSR count). The number of hydrogen-bond acceptors (Lipinski definition) is 6. The smallest absolute Gasteiger partial charge is 0.192 e. The molecule has 0 unspecified atom stereocenters. The zero-order chi connectivity index (χ0) is 26.3. The van der Waals surface area contributed by atoms with Crippen LogP contribution in [0.1, 0.15) is 38.1 Å². The largest absolute Gasteiger partial charge is 0.356 e. The number of rotatable bonds is 7. The molecule has 0 spiro atoms. The Balaban J connectivity index is 1.85. The van der Waals surface area contributed by atoms with Crippen LogP contribution in [0.3, 0.4) is 0 Å². The Bertz CT molecular complexity index is 1560. The van der Waals surface area contributed by atoms with Crippen LogP contribution in [0.25, 0.3) is 22.2 Å². The fourth-order valence-corrected chi connectivity index (χ4v) is 5.06. The number of nitrogens with one attached hydrogen (secondary N) is 1. The number of aromatic nitrogens is 2. The van der Waals surface area contributed by atoms with Crippen LogP contribution in [-0.4, -0.2) is 33.8 Å². The van der Waals surface area contributed by atoms with E-state index >= 15 is 0 Å². The van der Waals surface area contributed by atoms with Crippen molar-refractivity contribution < 1.29 is 25.9 Å². The molecule has 2 aromatic carbocycles. The van der Waals surface area contributed by atoms with Gasteiger partial charge in [0.05, 0.1) is 27.5 Å². The number of benzene rings is 2. The SMILES string of the molecule is CC(C)(C)[S@](=O)N[C@@H](Cc1nc(S(C)(=O)=O)ccc1F)c1ccccc1-c1noc2cc(F)ccc12. The van der Waals surface area contributed by atoms with E-state index in [4.69, 9.17) is 4.52 Å². The maximum Gasteiger partial charge on any atom is 0.192 e. The number of nitrogens with zero attached hydrogens (tertiary/aromatic N) is 2. The Morgan fingerprint density at radius 1 is 1.08 bits per heavy atom. The Hall–Kier alpha value is -3.02. The highest BCUT2D eigenvalue weighted by Gasteiger charge is 2.28. The second kappa shape index (κ2) is 9.79. The van der Waals surface area contributed by atoms with E-state index in [2.05, 4.69) is 14.9 Å². The highest BCUT2D eigenvalue weighted by atomic mass is 32.2. The summed E-state index contributed by atoms with van der Waals surface area (Å²) in [5.41, 5.74) is 1.82. The van der Waals surface area contributed by atoms with E-state index in [0.717, 1.165) is 18.4 Å². The first-order valence-electron chi connectivity index (χ1n) is 11.0. The van der Waals surface area contributed by atoms with Gasteiger partial charge in [0.25, 0.3) is 0 Å². The molecule has 2 atom stereocenters. The molecular formula is C25H25F2N3O4S2. The first-order chi connectivity index (χ1) is 16.8. The van der Waals surface area contributed by atoms with Crippen LogP contribution >= 0.6 is 0 Å². The molecule has 0 aliphatic carbocycles. The third kappa shape index (κ3) is 5.53. The van der Waals surface area contributed by atoms with Crippen molar-refractivity contribution in [2.75, 3.05) is 6.26 Å². The number of fused-ring (bicyclic) bond motifs is 1. The molecule has 1 N–H and O–H groups in total. The molecule has 7 nitrogen and oxygen atoms in total. The van der Waals surface area contributed by atoms with Crippen molar-refractivity contribution in [1.82, 2.24) is 14.9 Å². The molecule has 0 aliphatic heterocycles. The monoisotopic (exact) mass is 533 g/mol. The molecule has 190 valence electrons. The van der Waals surface area contributed by atoms with Gasteiger partial charge >= 0.3 is 0 Å². The summed E-state index contributed by atoms with van der Waals surface area (Å²) in [5.74, 6) is -1.15. The third-order valence-corrected chi connectivity index (χ3v) is 8.10. The van der Waals surface area contributed by atoms with Crippen molar-refractivity contribution in [2.45, 2.75) is 43.0 Å². The first-order valence-corrected chi connectivity index (χ1v) is 14.1. The van der Waals surface area contributed by atoms with E-state index in [1.165, 1.54) is 12.1 Å². The van der Waals surface area contributed by atoms with E-state index in [-0.39, 0.29) is 22.7 Å². The minimum atomic E-state index is -3.67. The average molecular weight is 534 g/mol. The molecule has 0 aliphatic rings. The van der Waals surface area contributed by atoms with Crippen LogP contribution < -0.4 is 4.72 Å². The maximum absolute atomic E-state index is 14.8. The van der Waals surface area contributed by atoms with E-state index in [9.17, 15) is 21.4 Å². The van der Waals surface area contributed by atoms with E-state index < -0.39 is 43.2 Å². The van der Waals surface area contributed by atoms with E-state index in [0.29, 0.717) is 22.2 Å². The predicted octanol–water partition coefficient (Wildman–Crippen LogP) is 4.91. The minimum absolute atomic E-state index is 0.0942. The molecule has 11 heteroatoms. The van der Waals surface area contributed by atoms with Gasteiger partial charge in [-0.1, -0.05) is 29.4 Å². The average Bonchev–Trinajstić information content (AvgIpc) is 3.21. The molecule has 4 aromatic rings. The lowest BCUT2D eigenvalue weighted by molar-refractivity contribution is 0.457. The van der Waals surface area contributed by atoms with Crippen molar-refractivity contribution in [3.05, 3.63) is 77.5 Å². The molecule has 0 fully saturated rings. The van der Waals surface area contributed by atoms with Crippen LogP contribution in [0.4, 0.5) is 8.78 Å². The van der Waals surface area contributed by atoms with Crippen LogP contribution in [-0.2, 0) is 27.2 Å². The van der Waals surface area contributed by atoms with E-state index in [1.54, 1.807) is 51.1 Å². The van der Waals surface area contributed by atoms with Gasteiger partial charge in [0, 0.05) is 29.7 Å². The summed E-state index contributed by atoms with van der Waals surface area (Å²) >= 11 is 0. The standard InChI is InChI=1S/C25H25F2N3O4S2/c1-25(2,3)35(31)30-20(14-21-19(27)11-12-23(28-21)36(4,32)33)16-7-5-6-8-17(16)24-18-10-9-15(26)13-22(18)34-29-24/h5-13,20,30H,14H2,1-4H3/t20-,35-/m0/s1. The van der Waals surface area contributed by atoms with Crippen LogP contribution in [0.5, 0.6) is 0 Å². The van der Waals surface area contributed by atoms with E-state index in [1.807, 2.05) is 0 Å². The van der Waals surface area contributed by atoms with Gasteiger partial charge in [0.2, 0.25) is 0 Å². The Labute approximate surface area is 210 Å². The predicted molar refractivity (Wildman–Crippen MR) is 134 cm³/mol. The summed E-state index contributed by atoms with van der Waals surface area (Å²) in [6.07, 6.45) is 0.896. The summed E-state index contributed by atoms with van der Waals surface area (Å²) in [5, 5.41) is 4.45. The number of halogens is 2. The van der Waals surface area contributed by atoms with Gasteiger partial charge in [0.1, 0.15) is 17.3 Å². The Morgan fingerprint density at radius 3 is 2.50 bits per heavy atom. The molecule has 0 amide bonds. The quantitative estimate of drug-likeness (QED) is 0.362. The Morgan fingerprint density at radius 2 is 1.81 bits per heavy atom. The highest BCUT2D eigenvalue weighted by molar-refractivity contribution is 7.90. The fourth-order valence-electron chi connectivity index (χ4n) is 3.65. The van der Waals surface area contributed by atoms with Crippen LogP contribution in [0.15, 0.2) is 64.1 Å². The molecule has 0 saturated carbocycles. The lowest BCUT2D eigenvalue weighted by atomic mass is 9.94. The summed E-state index contributed by atoms with van der Waals surface area (Å²) in [7, 11) is -5.24. The third-order valence-electron chi connectivity index (χ3n) is 5.50. The Kier molecular flexibility index (Phi) is 7.09. The van der Waals surface area contributed by atoms with Gasteiger partial charge in [-0.2, -0.15) is 0 Å². The molecule has 0 radical (unpaired) electrons. The normalized spacial score (nSPS) is 14.2. The van der Waals surface area contributed by atoms with Crippen LogP contribution in [0.2, 0.25) is 0 Å². The van der Waals surface area contributed by atoms with Crippen molar-refractivity contribution >= 4 is 31.8 Å². The molecule has 0 saturated heterocycles. The van der Waals surface area contributed by atoms with Crippen molar-refractivity contribution in [1.29, 1.82) is 0 Å². The fraction of sp³-hybridized carbons (Fsp3) is 0.280. The summed E-state index contributed by atoms with van der Waals surface area (Å²) in [6.45, 7) is 5.38.